The molecular weight excluding hydrogens is 342 g/mol. The number of para-hydroxylation sites is 1. The van der Waals surface area contributed by atoms with Crippen LogP contribution in [0.25, 0.3) is 5.69 Å². The second-order valence-corrected chi connectivity index (χ2v) is 6.20. The summed E-state index contributed by atoms with van der Waals surface area (Å²) < 4.78 is 1.64. The van der Waals surface area contributed by atoms with Gasteiger partial charge in [-0.3, -0.25) is 14.6 Å². The van der Waals surface area contributed by atoms with E-state index in [1.165, 1.54) is 6.92 Å². The second-order valence-electron chi connectivity index (χ2n) is 6.20. The molecule has 0 aliphatic carbocycles. The van der Waals surface area contributed by atoms with Gasteiger partial charge in [0.25, 0.3) is 5.91 Å². The maximum Gasteiger partial charge on any atom is 0.253 e. The molecule has 0 radical (unpaired) electrons. The van der Waals surface area contributed by atoms with Crippen LogP contribution in [0.5, 0.6) is 0 Å². The lowest BCUT2D eigenvalue weighted by molar-refractivity contribution is -0.119. The molecule has 0 saturated heterocycles. The summed E-state index contributed by atoms with van der Waals surface area (Å²) in [6.45, 7) is 3.77. The molecular formula is C20H21N5O2. The first-order chi connectivity index (χ1) is 13.0. The van der Waals surface area contributed by atoms with Gasteiger partial charge in [-0.15, -0.1) is 0 Å². The average molecular weight is 363 g/mol. The zero-order valence-corrected chi connectivity index (χ0v) is 15.2. The van der Waals surface area contributed by atoms with Crippen molar-refractivity contribution in [1.29, 1.82) is 0 Å². The summed E-state index contributed by atoms with van der Waals surface area (Å²) in [6.07, 6.45) is 6.90. The minimum Gasteiger partial charge on any atom is -0.352 e. The van der Waals surface area contributed by atoms with Crippen molar-refractivity contribution in [2.24, 2.45) is 0 Å². The molecule has 0 aliphatic rings. The Hall–Kier alpha value is -3.48. The number of amides is 2. The fourth-order valence-electron chi connectivity index (χ4n) is 2.66. The first kappa shape index (κ1) is 18.3. The van der Waals surface area contributed by atoms with Crippen molar-refractivity contribution >= 4 is 11.8 Å². The monoisotopic (exact) mass is 363 g/mol. The van der Waals surface area contributed by atoms with Gasteiger partial charge in [0.15, 0.2) is 0 Å². The maximum atomic E-state index is 12.8. The molecule has 0 bridgehead atoms. The molecule has 2 aromatic heterocycles. The number of hydrogen-bond donors (Lipinski definition) is 2. The van der Waals surface area contributed by atoms with Crippen molar-refractivity contribution in [3.8, 4) is 5.69 Å². The van der Waals surface area contributed by atoms with E-state index >= 15 is 0 Å². The lowest BCUT2D eigenvalue weighted by Gasteiger charge is -2.15. The number of aromatic nitrogens is 3. The maximum absolute atomic E-state index is 12.8. The number of nitrogens with one attached hydrogen (secondary N) is 2. The minimum absolute atomic E-state index is 0.105. The highest BCUT2D eigenvalue weighted by molar-refractivity contribution is 5.98. The molecule has 3 rings (SSSR count). The molecule has 7 heteroatoms. The van der Waals surface area contributed by atoms with Crippen molar-refractivity contribution in [2.45, 2.75) is 26.4 Å². The Morgan fingerprint density at radius 3 is 2.70 bits per heavy atom. The van der Waals surface area contributed by atoms with E-state index < -0.39 is 0 Å². The summed E-state index contributed by atoms with van der Waals surface area (Å²) in [5.74, 6) is -0.298. The molecule has 2 N–H and O–H groups in total. The van der Waals surface area contributed by atoms with Crippen LogP contribution in [0.1, 0.15) is 41.4 Å². The first-order valence-corrected chi connectivity index (χ1v) is 8.63. The van der Waals surface area contributed by atoms with Crippen LogP contribution in [0.3, 0.4) is 0 Å². The van der Waals surface area contributed by atoms with E-state index in [0.29, 0.717) is 17.8 Å². The number of carbonyl (C=O) groups is 2. The van der Waals surface area contributed by atoms with Crippen LogP contribution in [-0.2, 0) is 11.3 Å². The quantitative estimate of drug-likeness (QED) is 0.704. The highest BCUT2D eigenvalue weighted by atomic mass is 16.2. The van der Waals surface area contributed by atoms with E-state index in [9.17, 15) is 9.59 Å². The van der Waals surface area contributed by atoms with Crippen molar-refractivity contribution in [2.75, 3.05) is 0 Å². The normalized spacial score (nSPS) is 11.6. The van der Waals surface area contributed by atoms with Crippen molar-refractivity contribution in [1.82, 2.24) is 25.4 Å². The Morgan fingerprint density at radius 1 is 1.15 bits per heavy atom. The van der Waals surface area contributed by atoms with Crippen LogP contribution in [0.2, 0.25) is 0 Å². The van der Waals surface area contributed by atoms with Crippen LogP contribution in [0.15, 0.2) is 61.2 Å². The SMILES string of the molecule is CC(=O)NCc1cnn(-c2ccccc2C(=O)N[C@@H](C)c2cccnc2)c1. The van der Waals surface area contributed by atoms with Crippen LogP contribution < -0.4 is 10.6 Å². The van der Waals surface area contributed by atoms with Gasteiger partial charge in [-0.05, 0) is 30.7 Å². The summed E-state index contributed by atoms with van der Waals surface area (Å²) in [4.78, 5) is 28.0. The van der Waals surface area contributed by atoms with Gasteiger partial charge < -0.3 is 10.6 Å². The molecule has 138 valence electrons. The van der Waals surface area contributed by atoms with E-state index in [2.05, 4.69) is 20.7 Å². The second kappa shape index (κ2) is 8.27. The molecule has 0 saturated carbocycles. The van der Waals surface area contributed by atoms with Gasteiger partial charge in [0.05, 0.1) is 23.5 Å². The smallest absolute Gasteiger partial charge is 0.253 e. The van der Waals surface area contributed by atoms with Crippen LogP contribution in [-0.4, -0.2) is 26.6 Å². The third-order valence-corrected chi connectivity index (χ3v) is 4.11. The largest absolute Gasteiger partial charge is 0.352 e. The third kappa shape index (κ3) is 4.58. The van der Waals surface area contributed by atoms with Crippen molar-refractivity contribution in [3.05, 3.63) is 77.9 Å². The zero-order chi connectivity index (χ0) is 19.2. The highest BCUT2D eigenvalue weighted by Crippen LogP contribution is 2.17. The predicted molar refractivity (Wildman–Crippen MR) is 101 cm³/mol. The zero-order valence-electron chi connectivity index (χ0n) is 15.2. The van der Waals surface area contributed by atoms with Crippen molar-refractivity contribution < 1.29 is 9.59 Å². The summed E-state index contributed by atoms with van der Waals surface area (Å²) in [6, 6.07) is 10.8. The van der Waals surface area contributed by atoms with Crippen LogP contribution in [0, 0.1) is 0 Å². The lowest BCUT2D eigenvalue weighted by Crippen LogP contribution is -2.27. The lowest BCUT2D eigenvalue weighted by atomic mass is 10.1. The molecule has 0 fully saturated rings. The molecule has 0 spiro atoms. The predicted octanol–water partition coefficient (Wildman–Crippen LogP) is 2.39. The standard InChI is InChI=1S/C20H21N5O2/c1-14(17-6-5-9-21-12-17)24-20(27)18-7-3-4-8-19(18)25-13-16(11-23-25)10-22-15(2)26/h3-9,11-14H,10H2,1-2H3,(H,22,26)(H,24,27)/t14-/m0/s1. The highest BCUT2D eigenvalue weighted by Gasteiger charge is 2.16. The molecule has 2 heterocycles. The van der Waals surface area contributed by atoms with Gasteiger partial charge in [0.1, 0.15) is 0 Å². The molecule has 1 atom stereocenters. The van der Waals surface area contributed by atoms with E-state index in [0.717, 1.165) is 11.1 Å². The number of pyridine rings is 1. The van der Waals surface area contributed by atoms with E-state index in [1.807, 2.05) is 37.3 Å². The Labute approximate surface area is 157 Å². The Balaban J connectivity index is 1.79. The van der Waals surface area contributed by atoms with Gasteiger partial charge in [-0.2, -0.15) is 5.10 Å². The van der Waals surface area contributed by atoms with Crippen molar-refractivity contribution in [3.63, 3.8) is 0 Å². The first-order valence-electron chi connectivity index (χ1n) is 8.63. The van der Waals surface area contributed by atoms with Crippen LogP contribution >= 0.6 is 0 Å². The molecule has 7 nitrogen and oxygen atoms in total. The molecule has 1 aromatic carbocycles. The van der Waals surface area contributed by atoms with Crippen LogP contribution in [0.4, 0.5) is 0 Å². The Bertz CT molecular complexity index is 936. The van der Waals surface area contributed by atoms with Gasteiger partial charge in [-0.1, -0.05) is 18.2 Å². The fraction of sp³-hybridized carbons (Fsp3) is 0.200. The number of rotatable bonds is 6. The summed E-state index contributed by atoms with van der Waals surface area (Å²) in [5, 5.41) is 10.0. The Morgan fingerprint density at radius 2 is 1.96 bits per heavy atom. The number of carbonyl (C=O) groups excluding carboxylic acids is 2. The topological polar surface area (TPSA) is 88.9 Å². The van der Waals surface area contributed by atoms with E-state index in [-0.39, 0.29) is 17.9 Å². The number of nitrogens with zero attached hydrogens (tertiary/aromatic N) is 3. The average Bonchev–Trinajstić information content (AvgIpc) is 3.16. The number of benzene rings is 1. The summed E-state index contributed by atoms with van der Waals surface area (Å²) in [7, 11) is 0. The molecule has 0 unspecified atom stereocenters. The van der Waals surface area contributed by atoms with E-state index in [4.69, 9.17) is 0 Å². The fourth-order valence-corrected chi connectivity index (χ4v) is 2.66. The third-order valence-electron chi connectivity index (χ3n) is 4.11. The van der Waals surface area contributed by atoms with Gasteiger partial charge >= 0.3 is 0 Å². The summed E-state index contributed by atoms with van der Waals surface area (Å²) in [5.41, 5.74) is 2.97. The van der Waals surface area contributed by atoms with Gasteiger partial charge in [0, 0.05) is 37.6 Å². The number of hydrogen-bond acceptors (Lipinski definition) is 4. The Kier molecular flexibility index (Phi) is 5.61. The molecule has 3 aromatic rings. The summed E-state index contributed by atoms with van der Waals surface area (Å²) >= 11 is 0. The molecule has 2 amide bonds. The molecule has 27 heavy (non-hydrogen) atoms. The van der Waals surface area contributed by atoms with E-state index in [1.54, 1.807) is 35.5 Å². The van der Waals surface area contributed by atoms with Gasteiger partial charge in [-0.25, -0.2) is 4.68 Å². The molecule has 0 aliphatic heterocycles. The minimum atomic E-state index is -0.194. The van der Waals surface area contributed by atoms with Gasteiger partial charge in [0.2, 0.25) is 5.91 Å².